The third kappa shape index (κ3) is 8.58. The second-order valence-corrected chi connectivity index (χ2v) is 10.2. The highest BCUT2D eigenvalue weighted by molar-refractivity contribution is 9.10. The van der Waals surface area contributed by atoms with E-state index in [1.54, 1.807) is 36.5 Å². The first-order chi connectivity index (χ1) is 18.9. The van der Waals surface area contributed by atoms with E-state index in [0.29, 0.717) is 16.3 Å². The van der Waals surface area contributed by atoms with Crippen molar-refractivity contribution < 1.29 is 36.0 Å². The van der Waals surface area contributed by atoms with Gasteiger partial charge < -0.3 is 27.2 Å². The van der Waals surface area contributed by atoms with Crippen molar-refractivity contribution in [2.24, 2.45) is 0 Å². The summed E-state index contributed by atoms with van der Waals surface area (Å²) >= 11 is 9.50. The Labute approximate surface area is 253 Å². The average molecular weight is 647 g/mol. The number of pyridine rings is 1. The van der Waals surface area contributed by atoms with E-state index in [-0.39, 0.29) is 44.6 Å². The fourth-order valence-corrected chi connectivity index (χ4v) is 4.74. The minimum Gasteiger partial charge on any atom is -1.00 e. The Balaban J connectivity index is 0.00000441. The van der Waals surface area contributed by atoms with E-state index in [9.17, 15) is 9.59 Å². The zero-order chi connectivity index (χ0) is 27.6. The second-order valence-electron chi connectivity index (χ2n) is 8.80. The van der Waals surface area contributed by atoms with Gasteiger partial charge in [-0.05, 0) is 57.7 Å². The van der Waals surface area contributed by atoms with Gasteiger partial charge in [0.15, 0.2) is 12.4 Å². The van der Waals surface area contributed by atoms with E-state index in [1.807, 2.05) is 53.2 Å². The Morgan fingerprint density at radius 2 is 1.75 bits per heavy atom. The van der Waals surface area contributed by atoms with E-state index in [1.165, 1.54) is 4.90 Å². The quantitative estimate of drug-likeness (QED) is 0.200. The van der Waals surface area contributed by atoms with Gasteiger partial charge in [-0.3, -0.25) is 9.69 Å². The van der Waals surface area contributed by atoms with Crippen LogP contribution in [0.15, 0.2) is 89.7 Å². The highest BCUT2D eigenvalue weighted by Gasteiger charge is 2.18. The van der Waals surface area contributed by atoms with Crippen molar-refractivity contribution in [1.29, 1.82) is 0 Å². The Bertz CT molecular complexity index is 1430. The van der Waals surface area contributed by atoms with Gasteiger partial charge in [0.2, 0.25) is 0 Å². The molecule has 0 aliphatic rings. The van der Waals surface area contributed by atoms with E-state index in [4.69, 9.17) is 21.1 Å². The molecule has 4 aromatic rings. The Kier molecular flexibility index (Phi) is 12.1. The highest BCUT2D eigenvalue weighted by Crippen LogP contribution is 2.25. The van der Waals surface area contributed by atoms with Crippen LogP contribution in [-0.4, -0.2) is 38.3 Å². The van der Waals surface area contributed by atoms with Crippen molar-refractivity contribution in [2.45, 2.75) is 19.9 Å². The molecule has 0 spiro atoms. The molecule has 0 aliphatic carbocycles. The SMILES string of the molecule is CCC[n+]1cc(Br)cc(C(=O)NCCOC(=O)N(CCOc2cccc3ccccc23)c2ccc(Cl)cc2)c1.[Cl-]. The summed E-state index contributed by atoms with van der Waals surface area (Å²) in [5.41, 5.74) is 1.15. The van der Waals surface area contributed by atoms with Crippen LogP contribution in [0.1, 0.15) is 23.7 Å². The number of amides is 2. The number of aromatic nitrogens is 1. The van der Waals surface area contributed by atoms with E-state index < -0.39 is 6.09 Å². The molecule has 0 atom stereocenters. The summed E-state index contributed by atoms with van der Waals surface area (Å²) < 4.78 is 14.3. The van der Waals surface area contributed by atoms with Gasteiger partial charge in [0.25, 0.3) is 5.91 Å². The molecule has 1 heterocycles. The van der Waals surface area contributed by atoms with Gasteiger partial charge in [-0.25, -0.2) is 9.36 Å². The molecule has 10 heteroatoms. The Hall–Kier alpha value is -3.33. The molecule has 0 saturated heterocycles. The van der Waals surface area contributed by atoms with Crippen molar-refractivity contribution >= 4 is 56.0 Å². The largest absolute Gasteiger partial charge is 1.00 e. The summed E-state index contributed by atoms with van der Waals surface area (Å²) in [6.07, 6.45) is 4.14. The van der Waals surface area contributed by atoms with Crippen molar-refractivity contribution in [2.75, 3.05) is 31.2 Å². The number of carbonyl (C=O) groups is 2. The number of hydrogen-bond donors (Lipinski definition) is 1. The Morgan fingerprint density at radius 3 is 2.52 bits per heavy atom. The number of benzene rings is 3. The summed E-state index contributed by atoms with van der Waals surface area (Å²) in [6.45, 7) is 3.58. The van der Waals surface area contributed by atoms with Crippen molar-refractivity contribution in [3.63, 3.8) is 0 Å². The van der Waals surface area contributed by atoms with Gasteiger partial charge >= 0.3 is 6.09 Å². The Morgan fingerprint density at radius 1 is 1.00 bits per heavy atom. The molecule has 7 nitrogen and oxygen atoms in total. The van der Waals surface area contributed by atoms with Crippen molar-refractivity contribution in [3.05, 3.63) is 100 Å². The number of ether oxygens (including phenoxy) is 2. The van der Waals surface area contributed by atoms with Gasteiger partial charge in [-0.2, -0.15) is 0 Å². The maximum Gasteiger partial charge on any atom is 0.414 e. The number of nitrogens with one attached hydrogen (secondary N) is 1. The lowest BCUT2D eigenvalue weighted by Crippen LogP contribution is -3.00. The van der Waals surface area contributed by atoms with E-state index in [0.717, 1.165) is 34.0 Å². The molecule has 0 radical (unpaired) electrons. The van der Waals surface area contributed by atoms with Gasteiger partial charge in [0.1, 0.15) is 31.1 Å². The first kappa shape index (κ1) is 31.2. The molecule has 40 heavy (non-hydrogen) atoms. The molecule has 0 fully saturated rings. The minimum absolute atomic E-state index is 0. The van der Waals surface area contributed by atoms with Crippen LogP contribution in [0.5, 0.6) is 5.75 Å². The number of nitrogens with zero attached hydrogens (tertiary/aromatic N) is 2. The summed E-state index contributed by atoms with van der Waals surface area (Å²) in [7, 11) is 0. The minimum atomic E-state index is -0.545. The summed E-state index contributed by atoms with van der Waals surface area (Å²) in [6, 6.07) is 22.5. The van der Waals surface area contributed by atoms with Crippen LogP contribution in [0.4, 0.5) is 10.5 Å². The lowest BCUT2D eigenvalue weighted by molar-refractivity contribution is -0.697. The third-order valence-corrected chi connectivity index (χ3v) is 6.61. The molecular formula is C30H30BrCl2N3O4. The molecule has 0 aliphatic heterocycles. The molecule has 2 amide bonds. The number of anilines is 1. The predicted molar refractivity (Wildman–Crippen MR) is 157 cm³/mol. The van der Waals surface area contributed by atoms with Crippen LogP contribution in [0.25, 0.3) is 10.8 Å². The smallest absolute Gasteiger partial charge is 0.414 e. The van der Waals surface area contributed by atoms with E-state index >= 15 is 0 Å². The van der Waals surface area contributed by atoms with Gasteiger partial charge in [0.05, 0.1) is 17.6 Å². The predicted octanol–water partition coefficient (Wildman–Crippen LogP) is 3.41. The maximum atomic E-state index is 13.1. The molecule has 3 aromatic carbocycles. The average Bonchev–Trinajstić information content (AvgIpc) is 2.94. The first-order valence-corrected chi connectivity index (χ1v) is 13.9. The van der Waals surface area contributed by atoms with Crippen LogP contribution in [0, 0.1) is 0 Å². The fourth-order valence-electron chi connectivity index (χ4n) is 4.11. The monoisotopic (exact) mass is 645 g/mol. The topological polar surface area (TPSA) is 71.8 Å². The zero-order valence-electron chi connectivity index (χ0n) is 22.0. The van der Waals surface area contributed by atoms with E-state index in [2.05, 4.69) is 28.2 Å². The van der Waals surface area contributed by atoms with Crippen LogP contribution in [-0.2, 0) is 11.3 Å². The van der Waals surface area contributed by atoms with Crippen LogP contribution >= 0.6 is 27.5 Å². The summed E-state index contributed by atoms with van der Waals surface area (Å²) in [4.78, 5) is 27.2. The number of hydrogen-bond acceptors (Lipinski definition) is 4. The standard InChI is InChI=1S/C30H29BrClN3O4.ClH/c1-2-15-34-20-23(19-24(31)21-34)29(36)33-14-17-39-30(37)35(26-12-10-25(32)11-13-26)16-18-38-28-9-5-7-22-6-3-4-8-27(22)28;/h3-13,19-21H,2,14-18H2,1H3;1H. The molecule has 1 N–H and O–H groups in total. The van der Waals surface area contributed by atoms with Gasteiger partial charge in [-0.1, -0.05) is 54.9 Å². The van der Waals surface area contributed by atoms with Crippen LogP contribution in [0.3, 0.4) is 0 Å². The number of rotatable bonds is 11. The highest BCUT2D eigenvalue weighted by atomic mass is 79.9. The van der Waals surface area contributed by atoms with Crippen LogP contribution in [0.2, 0.25) is 5.02 Å². The van der Waals surface area contributed by atoms with Crippen molar-refractivity contribution in [3.8, 4) is 5.75 Å². The third-order valence-electron chi connectivity index (χ3n) is 5.93. The molecule has 0 bridgehead atoms. The molecule has 4 rings (SSSR count). The van der Waals surface area contributed by atoms with Gasteiger partial charge in [0, 0.05) is 22.5 Å². The molecule has 210 valence electrons. The van der Waals surface area contributed by atoms with Crippen LogP contribution < -0.4 is 31.9 Å². The van der Waals surface area contributed by atoms with Gasteiger partial charge in [-0.15, -0.1) is 0 Å². The maximum absolute atomic E-state index is 13.1. The number of aryl methyl sites for hydroxylation is 1. The molecule has 0 saturated carbocycles. The number of carbonyl (C=O) groups excluding carboxylic acids is 2. The van der Waals surface area contributed by atoms with Crippen molar-refractivity contribution in [1.82, 2.24) is 5.32 Å². The molecule has 0 unspecified atom stereocenters. The lowest BCUT2D eigenvalue weighted by Gasteiger charge is -2.23. The summed E-state index contributed by atoms with van der Waals surface area (Å²) in [5.74, 6) is 0.503. The summed E-state index contributed by atoms with van der Waals surface area (Å²) in [5, 5.41) is 5.45. The molecule has 1 aromatic heterocycles. The number of fused-ring (bicyclic) bond motifs is 1. The molecular weight excluding hydrogens is 617 g/mol. The lowest BCUT2D eigenvalue weighted by atomic mass is 10.1. The normalized spacial score (nSPS) is 10.5. The zero-order valence-corrected chi connectivity index (χ0v) is 25.1. The first-order valence-electron chi connectivity index (χ1n) is 12.7. The second kappa shape index (κ2) is 15.5. The fraction of sp³-hybridized carbons (Fsp3) is 0.233. The number of halogens is 3.